The van der Waals surface area contributed by atoms with Crippen LogP contribution in [-0.4, -0.2) is 37.7 Å². The van der Waals surface area contributed by atoms with E-state index in [-0.39, 0.29) is 23.6 Å². The van der Waals surface area contributed by atoms with Crippen molar-refractivity contribution in [2.24, 2.45) is 0 Å². The molecule has 150 valence electrons. The highest BCUT2D eigenvalue weighted by atomic mass is 16.2. The van der Waals surface area contributed by atoms with Crippen LogP contribution in [0, 0.1) is 0 Å². The summed E-state index contributed by atoms with van der Waals surface area (Å²) >= 11 is 0. The van der Waals surface area contributed by atoms with Crippen molar-refractivity contribution in [3.05, 3.63) is 77.9 Å². The van der Waals surface area contributed by atoms with Crippen LogP contribution in [0.3, 0.4) is 0 Å². The van der Waals surface area contributed by atoms with Crippen molar-refractivity contribution in [1.82, 2.24) is 24.6 Å². The van der Waals surface area contributed by atoms with Crippen LogP contribution in [0.4, 0.5) is 5.69 Å². The Bertz CT molecular complexity index is 1260. The van der Waals surface area contributed by atoms with Crippen molar-refractivity contribution in [2.45, 2.75) is 19.5 Å². The summed E-state index contributed by atoms with van der Waals surface area (Å²) in [5, 5.41) is 10.0. The van der Waals surface area contributed by atoms with Gasteiger partial charge in [-0.25, -0.2) is 4.98 Å². The lowest BCUT2D eigenvalue weighted by Gasteiger charge is -2.23. The summed E-state index contributed by atoms with van der Waals surface area (Å²) in [7, 11) is 0. The van der Waals surface area contributed by atoms with E-state index in [2.05, 4.69) is 20.7 Å². The number of amides is 2. The van der Waals surface area contributed by atoms with E-state index in [9.17, 15) is 9.59 Å². The minimum Gasteiger partial charge on any atom is -0.349 e. The Morgan fingerprint density at radius 1 is 1.23 bits per heavy atom. The van der Waals surface area contributed by atoms with Crippen molar-refractivity contribution < 1.29 is 9.59 Å². The summed E-state index contributed by atoms with van der Waals surface area (Å²) in [5.74, 6) is -0.444. The highest BCUT2D eigenvalue weighted by Crippen LogP contribution is 2.26. The third-order valence-electron chi connectivity index (χ3n) is 5.24. The number of hydrogen-bond acceptors (Lipinski definition) is 4. The fourth-order valence-electron chi connectivity index (χ4n) is 3.79. The van der Waals surface area contributed by atoms with Gasteiger partial charge in [0, 0.05) is 18.8 Å². The lowest BCUT2D eigenvalue weighted by atomic mass is 10.2. The van der Waals surface area contributed by atoms with E-state index < -0.39 is 0 Å². The van der Waals surface area contributed by atoms with Crippen LogP contribution in [0.1, 0.15) is 39.5 Å². The van der Waals surface area contributed by atoms with Crippen LogP contribution in [0.2, 0.25) is 0 Å². The summed E-state index contributed by atoms with van der Waals surface area (Å²) in [5.41, 5.74) is 4.05. The first-order valence-corrected chi connectivity index (χ1v) is 9.76. The maximum atomic E-state index is 12.7. The van der Waals surface area contributed by atoms with Gasteiger partial charge in [-0.2, -0.15) is 5.10 Å². The van der Waals surface area contributed by atoms with Gasteiger partial charge >= 0.3 is 0 Å². The molecule has 0 radical (unpaired) electrons. The first kappa shape index (κ1) is 18.1. The molecule has 0 aliphatic carbocycles. The van der Waals surface area contributed by atoms with Gasteiger partial charge in [0.1, 0.15) is 11.4 Å². The number of hydrogen-bond donors (Lipinski definition) is 2. The Morgan fingerprint density at radius 3 is 2.90 bits per heavy atom. The first-order valence-electron chi connectivity index (χ1n) is 9.76. The average Bonchev–Trinajstić information content (AvgIpc) is 3.36. The van der Waals surface area contributed by atoms with Crippen LogP contribution in [-0.2, 0) is 6.54 Å². The predicted octanol–water partition coefficient (Wildman–Crippen LogP) is 2.84. The molecule has 4 heterocycles. The van der Waals surface area contributed by atoms with Gasteiger partial charge in [-0.3, -0.25) is 14.3 Å². The second kappa shape index (κ2) is 7.14. The predicted molar refractivity (Wildman–Crippen MR) is 113 cm³/mol. The fourth-order valence-corrected chi connectivity index (χ4v) is 3.79. The smallest absolute Gasteiger partial charge is 0.274 e. The monoisotopic (exact) mass is 400 g/mol. The molecule has 8 heteroatoms. The molecular weight excluding hydrogens is 380 g/mol. The second-order valence-corrected chi connectivity index (χ2v) is 7.43. The Balaban J connectivity index is 1.36. The molecule has 0 saturated carbocycles. The molecular formula is C22H20N6O2. The molecule has 1 atom stereocenters. The van der Waals surface area contributed by atoms with Crippen LogP contribution in [0.15, 0.2) is 60.9 Å². The van der Waals surface area contributed by atoms with E-state index in [0.717, 1.165) is 11.1 Å². The molecule has 0 saturated heterocycles. The number of rotatable bonds is 4. The molecule has 0 bridgehead atoms. The molecule has 3 aromatic heterocycles. The van der Waals surface area contributed by atoms with Gasteiger partial charge in [-0.1, -0.05) is 30.3 Å². The molecule has 1 aliphatic rings. The fraction of sp³-hybridized carbons (Fsp3) is 0.182. The van der Waals surface area contributed by atoms with Crippen LogP contribution in [0.25, 0.3) is 11.0 Å². The van der Waals surface area contributed by atoms with Crippen LogP contribution < -0.4 is 10.6 Å². The molecule has 1 aliphatic heterocycles. The highest BCUT2D eigenvalue weighted by Gasteiger charge is 2.25. The number of benzene rings is 1. The molecule has 30 heavy (non-hydrogen) atoms. The Morgan fingerprint density at radius 2 is 2.07 bits per heavy atom. The van der Waals surface area contributed by atoms with E-state index in [4.69, 9.17) is 0 Å². The highest BCUT2D eigenvalue weighted by molar-refractivity contribution is 6.04. The van der Waals surface area contributed by atoms with Crippen LogP contribution >= 0.6 is 0 Å². The summed E-state index contributed by atoms with van der Waals surface area (Å²) in [4.78, 5) is 29.3. The standard InChI is InChI=1S/C22H20N6O2/c1-14-10-23-22(30)20-9-18-19(28(14)20)8-7-17(26-18)21(29)25-16-11-24-27(13-16)12-15-5-3-2-4-6-15/h2-9,11,13-14H,10,12H2,1H3,(H,23,30)(H,25,29)/t14-/m0/s1. The molecule has 4 aromatic rings. The van der Waals surface area contributed by atoms with Crippen molar-refractivity contribution >= 4 is 28.5 Å². The van der Waals surface area contributed by atoms with Gasteiger partial charge in [0.25, 0.3) is 11.8 Å². The Kier molecular flexibility index (Phi) is 4.31. The first-order chi connectivity index (χ1) is 14.6. The molecule has 2 N–H and O–H groups in total. The molecule has 0 fully saturated rings. The van der Waals surface area contributed by atoms with Crippen LogP contribution in [0.5, 0.6) is 0 Å². The quantitative estimate of drug-likeness (QED) is 0.551. The summed E-state index contributed by atoms with van der Waals surface area (Å²) in [6.07, 6.45) is 3.40. The number of nitrogens with zero attached hydrogens (tertiary/aromatic N) is 4. The maximum Gasteiger partial charge on any atom is 0.274 e. The normalized spacial score (nSPS) is 15.6. The molecule has 5 rings (SSSR count). The van der Waals surface area contributed by atoms with Crippen molar-refractivity contribution in [2.75, 3.05) is 11.9 Å². The Labute approximate surface area is 172 Å². The number of carbonyl (C=O) groups excluding carboxylic acids is 2. The Hall–Kier alpha value is -3.94. The third-order valence-corrected chi connectivity index (χ3v) is 5.24. The number of nitrogens with one attached hydrogen (secondary N) is 2. The van der Waals surface area contributed by atoms with Gasteiger partial charge in [-0.15, -0.1) is 0 Å². The van der Waals surface area contributed by atoms with Gasteiger partial charge in [-0.05, 0) is 30.7 Å². The zero-order chi connectivity index (χ0) is 20.7. The summed E-state index contributed by atoms with van der Waals surface area (Å²) in [6, 6.07) is 15.4. The van der Waals surface area contributed by atoms with Gasteiger partial charge < -0.3 is 15.2 Å². The second-order valence-electron chi connectivity index (χ2n) is 7.43. The lowest BCUT2D eigenvalue weighted by Crippen LogP contribution is -2.37. The minimum atomic E-state index is -0.321. The van der Waals surface area contributed by atoms with E-state index in [1.54, 1.807) is 29.2 Å². The van der Waals surface area contributed by atoms with Gasteiger partial charge in [0.2, 0.25) is 0 Å². The number of carbonyl (C=O) groups is 2. The molecule has 0 unspecified atom stereocenters. The number of aromatic nitrogens is 4. The van der Waals surface area contributed by atoms with Crippen molar-refractivity contribution in [3.8, 4) is 0 Å². The summed E-state index contributed by atoms with van der Waals surface area (Å²) < 4.78 is 3.74. The van der Waals surface area contributed by atoms with E-state index >= 15 is 0 Å². The SMILES string of the molecule is C[C@H]1CNC(=O)c2cc3nc(C(=O)Nc4cnn(Cc5ccccc5)c4)ccc3n21. The molecule has 2 amide bonds. The zero-order valence-electron chi connectivity index (χ0n) is 16.4. The third kappa shape index (κ3) is 3.22. The lowest BCUT2D eigenvalue weighted by molar-refractivity contribution is 0.0918. The topological polar surface area (TPSA) is 93.8 Å². The molecule has 1 aromatic carbocycles. The van der Waals surface area contributed by atoms with Crippen molar-refractivity contribution in [3.63, 3.8) is 0 Å². The maximum absolute atomic E-state index is 12.7. The average molecular weight is 400 g/mol. The van der Waals surface area contributed by atoms with Crippen molar-refractivity contribution in [1.29, 1.82) is 0 Å². The van der Waals surface area contributed by atoms with E-state index in [1.807, 2.05) is 47.9 Å². The van der Waals surface area contributed by atoms with E-state index in [1.165, 1.54) is 0 Å². The molecule has 8 nitrogen and oxygen atoms in total. The van der Waals surface area contributed by atoms with Gasteiger partial charge in [0.15, 0.2) is 0 Å². The summed E-state index contributed by atoms with van der Waals surface area (Å²) in [6.45, 7) is 3.23. The number of fused-ring (bicyclic) bond motifs is 3. The number of anilines is 1. The van der Waals surface area contributed by atoms with Gasteiger partial charge in [0.05, 0.1) is 29.5 Å². The minimum absolute atomic E-state index is 0.122. The van der Waals surface area contributed by atoms with E-state index in [0.29, 0.717) is 30.0 Å². The largest absolute Gasteiger partial charge is 0.349 e. The zero-order valence-corrected chi connectivity index (χ0v) is 16.4. The molecule has 0 spiro atoms. The number of pyridine rings is 1.